The Hall–Kier alpha value is -3.50. The number of hydrogen-bond acceptors (Lipinski definition) is 8. The lowest BCUT2D eigenvalue weighted by molar-refractivity contribution is 0.0983. The van der Waals surface area contributed by atoms with Crippen molar-refractivity contribution in [1.82, 2.24) is 20.0 Å². The number of hydrogen-bond donors (Lipinski definition) is 2. The summed E-state index contributed by atoms with van der Waals surface area (Å²) in [6.07, 6.45) is 2.34. The molecule has 0 radical (unpaired) electrons. The first kappa shape index (κ1) is 23.3. The number of nitrogens with one attached hydrogen (secondary N) is 2. The molecular weight excluding hydrogens is 446 g/mol. The van der Waals surface area contributed by atoms with Crippen molar-refractivity contribution in [3.63, 3.8) is 0 Å². The number of carbonyl (C=O) groups excluding carboxylic acids is 1. The molecule has 3 aromatic rings. The van der Waals surface area contributed by atoms with Gasteiger partial charge < -0.3 is 19.5 Å². The lowest BCUT2D eigenvalue weighted by Gasteiger charge is -2.38. The molecule has 10 nitrogen and oxygen atoms in total. The molecular formula is C25H31N7O3. The average molecular weight is 478 g/mol. The minimum atomic E-state index is -0.394. The summed E-state index contributed by atoms with van der Waals surface area (Å²) in [5.74, 6) is 2.07. The maximum Gasteiger partial charge on any atom is 0.324 e. The molecule has 1 unspecified atom stereocenters. The molecule has 0 saturated carbocycles. The van der Waals surface area contributed by atoms with Gasteiger partial charge in [0.1, 0.15) is 12.1 Å². The van der Waals surface area contributed by atoms with E-state index in [2.05, 4.69) is 46.4 Å². The number of amides is 2. The van der Waals surface area contributed by atoms with Crippen molar-refractivity contribution in [2.45, 2.75) is 45.8 Å². The van der Waals surface area contributed by atoms with Crippen LogP contribution in [0.4, 0.5) is 22.1 Å². The van der Waals surface area contributed by atoms with Crippen LogP contribution in [0.1, 0.15) is 32.0 Å². The minimum Gasteiger partial charge on any atom is -0.377 e. The highest BCUT2D eigenvalue weighted by atomic mass is 16.5. The highest BCUT2D eigenvalue weighted by Gasteiger charge is 2.29. The average Bonchev–Trinajstić information content (AvgIpc) is 3.36. The normalized spacial score (nSPS) is 18.4. The van der Waals surface area contributed by atoms with Crippen LogP contribution in [-0.4, -0.2) is 64.4 Å². The summed E-state index contributed by atoms with van der Waals surface area (Å²) < 4.78 is 10.4. The maximum absolute atomic E-state index is 12.2. The number of ether oxygens (including phenoxy) is 1. The first-order valence-electron chi connectivity index (χ1n) is 12.0. The zero-order chi connectivity index (χ0) is 24.4. The number of benzene rings is 1. The Kier molecular flexibility index (Phi) is 6.65. The third-order valence-corrected chi connectivity index (χ3v) is 6.52. The van der Waals surface area contributed by atoms with Crippen molar-refractivity contribution in [2.24, 2.45) is 0 Å². The maximum atomic E-state index is 12.2. The van der Waals surface area contributed by atoms with Crippen LogP contribution in [0.2, 0.25) is 0 Å². The number of urea groups is 1. The second kappa shape index (κ2) is 10.0. The van der Waals surface area contributed by atoms with Crippen LogP contribution in [0.25, 0.3) is 11.4 Å². The van der Waals surface area contributed by atoms with Gasteiger partial charge in [0.15, 0.2) is 11.6 Å². The number of nitrogens with zero attached hydrogens (tertiary/aromatic N) is 5. The summed E-state index contributed by atoms with van der Waals surface area (Å²) in [5.41, 5.74) is 3.90. The summed E-state index contributed by atoms with van der Waals surface area (Å²) in [6, 6.07) is 9.45. The van der Waals surface area contributed by atoms with E-state index in [1.807, 2.05) is 24.3 Å². The quantitative estimate of drug-likeness (QED) is 0.572. The Morgan fingerprint density at radius 3 is 2.66 bits per heavy atom. The predicted molar refractivity (Wildman–Crippen MR) is 133 cm³/mol. The van der Waals surface area contributed by atoms with Crippen LogP contribution in [0.15, 0.2) is 41.1 Å². The smallest absolute Gasteiger partial charge is 0.324 e. The number of carbonyl (C=O) groups is 1. The topological polar surface area (TPSA) is 109 Å². The van der Waals surface area contributed by atoms with Crippen LogP contribution in [0.3, 0.4) is 0 Å². The van der Waals surface area contributed by atoms with Crippen LogP contribution in [0.5, 0.6) is 0 Å². The van der Waals surface area contributed by atoms with Gasteiger partial charge in [0.25, 0.3) is 0 Å². The number of rotatable bonds is 5. The Bertz CT molecular complexity index is 1160. The van der Waals surface area contributed by atoms with Gasteiger partial charge in [-0.15, -0.1) is 0 Å². The van der Waals surface area contributed by atoms with Crippen LogP contribution in [0, 0.1) is 0 Å². The zero-order valence-electron chi connectivity index (χ0n) is 20.3. The summed E-state index contributed by atoms with van der Waals surface area (Å²) in [4.78, 5) is 27.1. The zero-order valence-corrected chi connectivity index (χ0v) is 20.3. The molecule has 1 fully saturated rings. The van der Waals surface area contributed by atoms with E-state index in [1.54, 1.807) is 6.07 Å². The first-order valence-corrected chi connectivity index (χ1v) is 12.0. The van der Waals surface area contributed by atoms with E-state index in [0.717, 1.165) is 43.1 Å². The molecule has 4 heterocycles. The molecule has 1 aromatic carbocycles. The molecule has 2 aliphatic rings. The fraction of sp³-hybridized carbons (Fsp3) is 0.440. The molecule has 1 atom stereocenters. The number of morpholine rings is 1. The third kappa shape index (κ3) is 5.13. The monoisotopic (exact) mass is 477 g/mol. The molecule has 0 spiro atoms. The highest BCUT2D eigenvalue weighted by molar-refractivity contribution is 5.99. The van der Waals surface area contributed by atoms with Crippen molar-refractivity contribution in [3.8, 4) is 11.4 Å². The Labute approximate surface area is 204 Å². The molecule has 35 heavy (non-hydrogen) atoms. The lowest BCUT2D eigenvalue weighted by atomic mass is 10.0. The standard InChI is InChI=1S/C25H31N7O3/c1-16(2)31-10-8-20-21(14-31)27-23(29-24(20)32-11-13-34-15-17(32)3)18-4-6-19(7-5-18)26-25(33)28-22-9-12-35-30-22/h4-7,9,12,16-17H,8,10-11,13-15H2,1-3H3,(H2,26,28,30,33). The molecule has 184 valence electrons. The number of fused-ring (bicyclic) bond motifs is 1. The van der Waals surface area contributed by atoms with Gasteiger partial charge in [-0.05, 0) is 51.5 Å². The molecule has 5 rings (SSSR count). The van der Waals surface area contributed by atoms with E-state index >= 15 is 0 Å². The molecule has 2 amide bonds. The Balaban J connectivity index is 1.42. The van der Waals surface area contributed by atoms with Crippen molar-refractivity contribution in [1.29, 1.82) is 0 Å². The molecule has 0 aliphatic carbocycles. The van der Waals surface area contributed by atoms with Gasteiger partial charge in [-0.3, -0.25) is 10.2 Å². The van der Waals surface area contributed by atoms with Gasteiger partial charge >= 0.3 is 6.03 Å². The highest BCUT2D eigenvalue weighted by Crippen LogP contribution is 2.32. The minimum absolute atomic E-state index is 0.258. The summed E-state index contributed by atoms with van der Waals surface area (Å²) >= 11 is 0. The van der Waals surface area contributed by atoms with Gasteiger partial charge in [0, 0.05) is 48.6 Å². The number of aromatic nitrogens is 3. The van der Waals surface area contributed by atoms with E-state index in [0.29, 0.717) is 36.6 Å². The second-order valence-corrected chi connectivity index (χ2v) is 9.27. The van der Waals surface area contributed by atoms with Crippen LogP contribution < -0.4 is 15.5 Å². The molecule has 0 bridgehead atoms. The van der Waals surface area contributed by atoms with Gasteiger partial charge in [-0.1, -0.05) is 5.16 Å². The SMILES string of the molecule is CC(C)N1CCc2c(nc(-c3ccc(NC(=O)Nc4ccon4)cc3)nc2N2CCOCC2C)C1. The Morgan fingerprint density at radius 2 is 1.94 bits per heavy atom. The third-order valence-electron chi connectivity index (χ3n) is 6.52. The van der Waals surface area contributed by atoms with Crippen molar-refractivity contribution in [3.05, 3.63) is 47.9 Å². The summed E-state index contributed by atoms with van der Waals surface area (Å²) in [7, 11) is 0. The van der Waals surface area contributed by atoms with Crippen molar-refractivity contribution >= 4 is 23.4 Å². The number of anilines is 3. The summed E-state index contributed by atoms with van der Waals surface area (Å²) in [5, 5.41) is 9.08. The fourth-order valence-corrected chi connectivity index (χ4v) is 4.54. The van der Waals surface area contributed by atoms with Crippen LogP contribution in [-0.2, 0) is 17.7 Å². The van der Waals surface area contributed by atoms with E-state index in [1.165, 1.54) is 11.8 Å². The van der Waals surface area contributed by atoms with E-state index < -0.39 is 6.03 Å². The first-order chi connectivity index (χ1) is 17.0. The largest absolute Gasteiger partial charge is 0.377 e. The summed E-state index contributed by atoms with van der Waals surface area (Å²) in [6.45, 7) is 10.7. The van der Waals surface area contributed by atoms with Gasteiger partial charge in [-0.25, -0.2) is 14.8 Å². The van der Waals surface area contributed by atoms with Gasteiger partial charge in [0.2, 0.25) is 0 Å². The second-order valence-electron chi connectivity index (χ2n) is 9.27. The molecule has 1 saturated heterocycles. The Morgan fingerprint density at radius 1 is 1.11 bits per heavy atom. The lowest BCUT2D eigenvalue weighted by Crippen LogP contribution is -2.45. The molecule has 2 aromatic heterocycles. The molecule has 2 aliphatic heterocycles. The van der Waals surface area contributed by atoms with Crippen molar-refractivity contribution < 1.29 is 14.1 Å². The predicted octanol–water partition coefficient (Wildman–Crippen LogP) is 3.77. The van der Waals surface area contributed by atoms with Gasteiger partial charge in [0.05, 0.1) is 24.9 Å². The molecule has 2 N–H and O–H groups in total. The van der Waals surface area contributed by atoms with Gasteiger partial charge in [-0.2, -0.15) is 0 Å². The van der Waals surface area contributed by atoms with E-state index in [4.69, 9.17) is 19.2 Å². The molecule has 10 heteroatoms. The van der Waals surface area contributed by atoms with E-state index in [9.17, 15) is 4.79 Å². The van der Waals surface area contributed by atoms with Crippen molar-refractivity contribution in [2.75, 3.05) is 41.8 Å². The van der Waals surface area contributed by atoms with Crippen LogP contribution >= 0.6 is 0 Å². The fourth-order valence-electron chi connectivity index (χ4n) is 4.54. The van der Waals surface area contributed by atoms with E-state index in [-0.39, 0.29) is 6.04 Å².